The summed E-state index contributed by atoms with van der Waals surface area (Å²) in [4.78, 5) is 17.2. The summed E-state index contributed by atoms with van der Waals surface area (Å²) in [5.41, 5.74) is 6.38. The number of hydrogen-bond acceptors (Lipinski definition) is 5. The summed E-state index contributed by atoms with van der Waals surface area (Å²) in [5, 5.41) is 5.82. The molecule has 0 spiro atoms. The third-order valence-electron chi connectivity index (χ3n) is 6.77. The Morgan fingerprint density at radius 1 is 1.09 bits per heavy atom. The molecule has 3 rings (SSSR count). The van der Waals surface area contributed by atoms with Crippen LogP contribution in [0.1, 0.15) is 65.2 Å². The van der Waals surface area contributed by atoms with Crippen molar-refractivity contribution in [1.82, 2.24) is 21.5 Å². The van der Waals surface area contributed by atoms with Crippen molar-refractivity contribution in [3.63, 3.8) is 0 Å². The van der Waals surface area contributed by atoms with Gasteiger partial charge in [0.25, 0.3) is 0 Å². The Kier molecular flexibility index (Phi) is 10.7. The predicted octanol–water partition coefficient (Wildman–Crippen LogP) is 3.28. The molecule has 4 N–H and O–H groups in total. The van der Waals surface area contributed by atoms with E-state index in [9.17, 15) is 18.0 Å². The average Bonchev–Trinajstić information content (AvgIpc) is 3.23. The van der Waals surface area contributed by atoms with E-state index in [4.69, 9.17) is 16.3 Å². The summed E-state index contributed by atoms with van der Waals surface area (Å²) in [5.74, 6) is -0.551. The van der Waals surface area contributed by atoms with Crippen LogP contribution >= 0.6 is 11.6 Å². The number of hydrazine groups is 1. The summed E-state index contributed by atoms with van der Waals surface area (Å²) in [6.07, 6.45) is -0.937. The van der Waals surface area contributed by atoms with Crippen molar-refractivity contribution in [2.45, 2.75) is 107 Å². The average molecular weight is 510 g/mol. The summed E-state index contributed by atoms with van der Waals surface area (Å²) < 4.78 is 46.8. The van der Waals surface area contributed by atoms with Gasteiger partial charge in [-0.3, -0.25) is 20.5 Å². The van der Waals surface area contributed by atoms with Crippen molar-refractivity contribution in [3.8, 4) is 0 Å². The molecule has 1 aliphatic heterocycles. The van der Waals surface area contributed by atoms with Gasteiger partial charge in [-0.2, -0.15) is 0 Å². The largest absolute Gasteiger partial charge is 0.379 e. The molecule has 196 valence electrons. The first kappa shape index (κ1) is 27.5. The second-order valence-electron chi connectivity index (χ2n) is 10.0. The molecule has 0 aromatic carbocycles. The second-order valence-corrected chi connectivity index (χ2v) is 10.6. The number of carbonyl (C=O) groups excluding carboxylic acids is 1. The number of hydrogen-bond donors (Lipinski definition) is 4. The molecular weight excluding hydrogens is 471 g/mol. The van der Waals surface area contributed by atoms with Crippen LogP contribution in [-0.2, 0) is 9.53 Å². The van der Waals surface area contributed by atoms with Gasteiger partial charge in [0.2, 0.25) is 5.91 Å². The van der Waals surface area contributed by atoms with Gasteiger partial charge in [0.1, 0.15) is 18.5 Å². The van der Waals surface area contributed by atoms with Gasteiger partial charge in [0.15, 0.2) is 5.96 Å². The quantitative estimate of drug-likeness (QED) is 0.175. The van der Waals surface area contributed by atoms with Crippen LogP contribution in [-0.4, -0.2) is 67.2 Å². The first-order chi connectivity index (χ1) is 16.2. The number of guanidine groups is 1. The topological polar surface area (TPSA) is 86.8 Å². The van der Waals surface area contributed by atoms with Crippen molar-refractivity contribution in [2.24, 2.45) is 16.8 Å². The molecule has 0 radical (unpaired) electrons. The Bertz CT molecular complexity index is 679. The van der Waals surface area contributed by atoms with Gasteiger partial charge in [0.05, 0.1) is 12.3 Å². The van der Waals surface area contributed by atoms with E-state index in [1.54, 1.807) is 0 Å². The fraction of sp³-hybridized carbons (Fsp3) is 0.913. The Morgan fingerprint density at radius 3 is 2.59 bits per heavy atom. The van der Waals surface area contributed by atoms with Gasteiger partial charge in [0, 0.05) is 30.5 Å². The van der Waals surface area contributed by atoms with Crippen LogP contribution in [0.4, 0.5) is 13.2 Å². The van der Waals surface area contributed by atoms with Crippen LogP contribution in [0.5, 0.6) is 0 Å². The minimum Gasteiger partial charge on any atom is -0.379 e. The molecular formula is C23H39ClF3N5O2. The number of alkyl halides is 4. The van der Waals surface area contributed by atoms with Gasteiger partial charge in [-0.25, -0.2) is 18.6 Å². The van der Waals surface area contributed by atoms with E-state index < -0.39 is 24.4 Å². The SMILES string of the molecule is CC(C)OCCCN=C(NC(=O)C1CCC(F)C(F)C1)NC1CC(C2CC(F)CC(Cl)C2)NN1. The molecule has 34 heavy (non-hydrogen) atoms. The Hall–Kier alpha value is -1.10. The molecule has 3 fully saturated rings. The third-order valence-corrected chi connectivity index (χ3v) is 7.13. The van der Waals surface area contributed by atoms with Crippen molar-refractivity contribution < 1.29 is 22.7 Å². The van der Waals surface area contributed by atoms with Crippen molar-refractivity contribution >= 4 is 23.5 Å². The number of ether oxygens (including phenoxy) is 1. The molecule has 11 heteroatoms. The number of nitrogens with zero attached hydrogens (tertiary/aromatic N) is 1. The maximum absolute atomic E-state index is 14.0. The zero-order valence-corrected chi connectivity index (χ0v) is 20.8. The minimum absolute atomic E-state index is 0.0417. The fourth-order valence-electron chi connectivity index (χ4n) is 4.93. The minimum atomic E-state index is -1.62. The number of nitrogens with one attached hydrogen (secondary N) is 4. The molecule has 1 heterocycles. The Balaban J connectivity index is 1.55. The van der Waals surface area contributed by atoms with Crippen LogP contribution in [0.3, 0.4) is 0 Å². The zero-order chi connectivity index (χ0) is 24.7. The van der Waals surface area contributed by atoms with Crippen LogP contribution in [0.25, 0.3) is 0 Å². The van der Waals surface area contributed by atoms with Crippen LogP contribution < -0.4 is 21.5 Å². The number of amides is 1. The van der Waals surface area contributed by atoms with Crippen LogP contribution in [0.15, 0.2) is 4.99 Å². The number of aliphatic imine (C=N–C) groups is 1. The lowest BCUT2D eigenvalue weighted by Gasteiger charge is -2.31. The van der Waals surface area contributed by atoms with Crippen molar-refractivity contribution in [1.29, 1.82) is 0 Å². The van der Waals surface area contributed by atoms with E-state index in [1.807, 2.05) is 13.8 Å². The third kappa shape index (κ3) is 8.53. The van der Waals surface area contributed by atoms with Gasteiger partial charge in [-0.15, -0.1) is 11.6 Å². The highest BCUT2D eigenvalue weighted by Gasteiger charge is 2.38. The molecule has 1 saturated heterocycles. The highest BCUT2D eigenvalue weighted by atomic mass is 35.5. The summed E-state index contributed by atoms with van der Waals surface area (Å²) in [6, 6.07) is 0.0424. The lowest BCUT2D eigenvalue weighted by molar-refractivity contribution is -0.125. The lowest BCUT2D eigenvalue weighted by Crippen LogP contribution is -2.52. The highest BCUT2D eigenvalue weighted by Crippen LogP contribution is 2.34. The van der Waals surface area contributed by atoms with E-state index in [-0.39, 0.29) is 54.3 Å². The Morgan fingerprint density at radius 2 is 1.88 bits per heavy atom. The predicted molar refractivity (Wildman–Crippen MR) is 127 cm³/mol. The Labute approximate surface area is 205 Å². The maximum atomic E-state index is 14.0. The van der Waals surface area contributed by atoms with Crippen LogP contribution in [0.2, 0.25) is 0 Å². The monoisotopic (exact) mass is 509 g/mol. The van der Waals surface area contributed by atoms with Gasteiger partial charge >= 0.3 is 0 Å². The molecule has 3 aliphatic rings. The molecule has 8 unspecified atom stereocenters. The molecule has 0 aromatic rings. The van der Waals surface area contributed by atoms with Gasteiger partial charge in [-0.1, -0.05) is 0 Å². The number of rotatable bonds is 8. The molecule has 7 nitrogen and oxygen atoms in total. The van der Waals surface area contributed by atoms with E-state index in [0.29, 0.717) is 45.3 Å². The fourth-order valence-corrected chi connectivity index (χ4v) is 5.35. The normalized spacial score (nSPS) is 37.1. The first-order valence-electron chi connectivity index (χ1n) is 12.5. The number of carbonyl (C=O) groups is 1. The molecule has 8 atom stereocenters. The smallest absolute Gasteiger partial charge is 0.229 e. The molecule has 2 aliphatic carbocycles. The lowest BCUT2D eigenvalue weighted by atomic mass is 9.82. The van der Waals surface area contributed by atoms with Crippen molar-refractivity contribution in [3.05, 3.63) is 0 Å². The second kappa shape index (κ2) is 13.3. The van der Waals surface area contributed by atoms with E-state index in [1.165, 1.54) is 0 Å². The van der Waals surface area contributed by atoms with E-state index in [2.05, 4.69) is 26.5 Å². The van der Waals surface area contributed by atoms with E-state index >= 15 is 0 Å². The summed E-state index contributed by atoms with van der Waals surface area (Å²) >= 11 is 6.23. The number of halogens is 4. The highest BCUT2D eigenvalue weighted by molar-refractivity contribution is 6.20. The molecule has 0 bridgehead atoms. The summed E-state index contributed by atoms with van der Waals surface area (Å²) in [6.45, 7) is 4.89. The van der Waals surface area contributed by atoms with Gasteiger partial charge < -0.3 is 10.1 Å². The van der Waals surface area contributed by atoms with Crippen LogP contribution in [0, 0.1) is 11.8 Å². The standard InChI is InChI=1S/C23H39ClF3N5O2/c1-13(2)34-7-3-6-28-23(30-22(33)14-4-5-18(26)19(27)10-14)29-21-12-20(31-32-21)15-8-16(24)11-17(25)9-15/h13-21,31-32H,3-12H2,1-2H3,(H2,28,29,30,33). The molecule has 0 aromatic heterocycles. The first-order valence-corrected chi connectivity index (χ1v) is 13.0. The van der Waals surface area contributed by atoms with Crippen molar-refractivity contribution in [2.75, 3.05) is 13.2 Å². The molecule has 1 amide bonds. The van der Waals surface area contributed by atoms with E-state index in [0.717, 1.165) is 6.42 Å². The molecule has 2 saturated carbocycles. The summed E-state index contributed by atoms with van der Waals surface area (Å²) in [7, 11) is 0. The zero-order valence-electron chi connectivity index (χ0n) is 20.0. The maximum Gasteiger partial charge on any atom is 0.229 e. The van der Waals surface area contributed by atoms with Gasteiger partial charge in [-0.05, 0) is 71.1 Å².